The van der Waals surface area contributed by atoms with Crippen LogP contribution in [0.15, 0.2) is 42.5 Å². The van der Waals surface area contributed by atoms with Gasteiger partial charge in [0.2, 0.25) is 5.88 Å². The average molecular weight is 454 g/mol. The molecule has 0 fully saturated rings. The topological polar surface area (TPSA) is 72.0 Å². The van der Waals surface area contributed by atoms with E-state index in [1.165, 1.54) is 0 Å². The molecule has 7 heteroatoms. The van der Waals surface area contributed by atoms with Crippen molar-refractivity contribution in [1.82, 2.24) is 14.8 Å². The fourth-order valence-electron chi connectivity index (χ4n) is 4.14. The SMILES string of the molecule is COc1cccc(C(=O)N2CCCCCN(C)C(=O)c3ccccc3OC[C@@H]2CC(C)C)n1. The molecule has 33 heavy (non-hydrogen) atoms. The molecule has 0 radical (unpaired) electrons. The van der Waals surface area contributed by atoms with Crippen LogP contribution in [0.25, 0.3) is 0 Å². The summed E-state index contributed by atoms with van der Waals surface area (Å²) in [5, 5.41) is 0. The lowest BCUT2D eigenvalue weighted by molar-refractivity contribution is 0.0566. The van der Waals surface area contributed by atoms with E-state index in [9.17, 15) is 9.59 Å². The predicted molar refractivity (Wildman–Crippen MR) is 128 cm³/mol. The lowest BCUT2D eigenvalue weighted by Gasteiger charge is -2.33. The summed E-state index contributed by atoms with van der Waals surface area (Å²) < 4.78 is 11.4. The van der Waals surface area contributed by atoms with Gasteiger partial charge in [0.1, 0.15) is 18.1 Å². The summed E-state index contributed by atoms with van der Waals surface area (Å²) in [6.45, 7) is 5.85. The van der Waals surface area contributed by atoms with E-state index in [1.807, 2.05) is 30.1 Å². The summed E-state index contributed by atoms with van der Waals surface area (Å²) in [4.78, 5) is 34.6. The number of hydrogen-bond acceptors (Lipinski definition) is 5. The van der Waals surface area contributed by atoms with Crippen LogP contribution in [0.2, 0.25) is 0 Å². The van der Waals surface area contributed by atoms with E-state index in [0.717, 1.165) is 25.7 Å². The summed E-state index contributed by atoms with van der Waals surface area (Å²) in [5.74, 6) is 1.16. The number of pyridine rings is 1. The molecule has 0 aliphatic carbocycles. The zero-order valence-electron chi connectivity index (χ0n) is 20.1. The molecule has 3 rings (SSSR count). The second-order valence-corrected chi connectivity index (χ2v) is 8.94. The summed E-state index contributed by atoms with van der Waals surface area (Å²) in [6.07, 6.45) is 3.43. The van der Waals surface area contributed by atoms with E-state index in [0.29, 0.717) is 48.5 Å². The molecule has 0 saturated carbocycles. The largest absolute Gasteiger partial charge is 0.491 e. The number of aromatic nitrogens is 1. The van der Waals surface area contributed by atoms with Crippen molar-refractivity contribution in [3.63, 3.8) is 0 Å². The highest BCUT2D eigenvalue weighted by Crippen LogP contribution is 2.24. The third-order valence-electron chi connectivity index (χ3n) is 5.88. The highest BCUT2D eigenvalue weighted by Gasteiger charge is 2.28. The maximum atomic E-state index is 13.6. The number of para-hydroxylation sites is 1. The minimum absolute atomic E-state index is 0.0428. The molecule has 0 spiro atoms. The molecule has 1 aromatic carbocycles. The first kappa shape index (κ1) is 24.6. The molecule has 2 heterocycles. The van der Waals surface area contributed by atoms with Crippen molar-refractivity contribution in [3.05, 3.63) is 53.7 Å². The molecule has 2 amide bonds. The molecule has 7 nitrogen and oxygen atoms in total. The van der Waals surface area contributed by atoms with E-state index in [2.05, 4.69) is 18.8 Å². The monoisotopic (exact) mass is 453 g/mol. The molecule has 0 N–H and O–H groups in total. The third kappa shape index (κ3) is 6.46. The van der Waals surface area contributed by atoms with Gasteiger partial charge in [0.25, 0.3) is 11.8 Å². The number of carbonyl (C=O) groups is 2. The Balaban J connectivity index is 1.94. The fourth-order valence-corrected chi connectivity index (χ4v) is 4.14. The number of methoxy groups -OCH3 is 1. The van der Waals surface area contributed by atoms with Gasteiger partial charge < -0.3 is 19.3 Å². The molecule has 2 aromatic rings. The molecule has 1 aliphatic heterocycles. The van der Waals surface area contributed by atoms with Gasteiger partial charge in [-0.2, -0.15) is 0 Å². The predicted octanol–water partition coefficient (Wildman–Crippen LogP) is 4.28. The Kier molecular flexibility index (Phi) is 8.69. The maximum Gasteiger partial charge on any atom is 0.272 e. The normalized spacial score (nSPS) is 18.0. The van der Waals surface area contributed by atoms with E-state index >= 15 is 0 Å². The number of ether oxygens (including phenoxy) is 2. The maximum absolute atomic E-state index is 13.6. The number of hydrogen-bond donors (Lipinski definition) is 0. The number of carbonyl (C=O) groups excluding carboxylic acids is 2. The van der Waals surface area contributed by atoms with E-state index in [-0.39, 0.29) is 17.9 Å². The fraction of sp³-hybridized carbons (Fsp3) is 0.500. The van der Waals surface area contributed by atoms with Crippen LogP contribution in [0, 0.1) is 5.92 Å². The first-order valence-electron chi connectivity index (χ1n) is 11.7. The van der Waals surface area contributed by atoms with Crippen LogP contribution in [0.1, 0.15) is 60.4 Å². The van der Waals surface area contributed by atoms with Crippen LogP contribution in [0.5, 0.6) is 11.6 Å². The average Bonchev–Trinajstić information content (AvgIpc) is 2.83. The Labute approximate surface area is 196 Å². The molecule has 0 unspecified atom stereocenters. The van der Waals surface area contributed by atoms with Gasteiger partial charge in [-0.3, -0.25) is 9.59 Å². The summed E-state index contributed by atoms with van der Waals surface area (Å²) >= 11 is 0. The van der Waals surface area contributed by atoms with Gasteiger partial charge in [0, 0.05) is 26.2 Å². The van der Waals surface area contributed by atoms with Crippen LogP contribution in [-0.2, 0) is 0 Å². The van der Waals surface area contributed by atoms with Crippen LogP contribution in [0.3, 0.4) is 0 Å². The van der Waals surface area contributed by atoms with Gasteiger partial charge in [-0.15, -0.1) is 0 Å². The Hall–Kier alpha value is -3.09. The second kappa shape index (κ2) is 11.7. The van der Waals surface area contributed by atoms with E-state index < -0.39 is 0 Å². The lowest BCUT2D eigenvalue weighted by Crippen LogP contribution is -2.45. The lowest BCUT2D eigenvalue weighted by atomic mass is 10.0. The minimum Gasteiger partial charge on any atom is -0.491 e. The minimum atomic E-state index is -0.146. The second-order valence-electron chi connectivity index (χ2n) is 8.94. The van der Waals surface area contributed by atoms with Crippen molar-refractivity contribution < 1.29 is 19.1 Å². The summed E-state index contributed by atoms with van der Waals surface area (Å²) in [6, 6.07) is 12.4. The molecule has 0 saturated heterocycles. The third-order valence-corrected chi connectivity index (χ3v) is 5.88. The van der Waals surface area contributed by atoms with Gasteiger partial charge in [0.15, 0.2) is 0 Å². The Morgan fingerprint density at radius 3 is 2.64 bits per heavy atom. The van der Waals surface area contributed by atoms with Gasteiger partial charge in [-0.25, -0.2) is 4.98 Å². The van der Waals surface area contributed by atoms with Crippen molar-refractivity contribution in [2.45, 2.75) is 45.6 Å². The standard InChI is InChI=1S/C26H35N3O4/c1-19(2)17-20-18-33-23-13-7-6-11-21(23)25(30)28(3)15-8-5-9-16-29(20)26(31)22-12-10-14-24(27-22)32-4/h6-7,10-14,19-20H,5,8-9,15-18H2,1-4H3/t20-/m0/s1. The molecule has 178 valence electrons. The van der Waals surface area contributed by atoms with Gasteiger partial charge >= 0.3 is 0 Å². The highest BCUT2D eigenvalue weighted by molar-refractivity contribution is 5.96. The molecule has 1 aliphatic rings. The van der Waals surface area contributed by atoms with Crippen molar-refractivity contribution >= 4 is 11.8 Å². The zero-order chi connectivity index (χ0) is 23.8. The Bertz CT molecular complexity index is 947. The zero-order valence-corrected chi connectivity index (χ0v) is 20.1. The first-order valence-corrected chi connectivity index (χ1v) is 11.7. The van der Waals surface area contributed by atoms with Crippen LogP contribution in [-0.4, -0.2) is 66.5 Å². The van der Waals surface area contributed by atoms with Gasteiger partial charge in [-0.05, 0) is 49.8 Å². The number of nitrogens with zero attached hydrogens (tertiary/aromatic N) is 3. The van der Waals surface area contributed by atoms with Gasteiger partial charge in [-0.1, -0.05) is 32.0 Å². The number of rotatable bonds is 4. The Morgan fingerprint density at radius 2 is 1.88 bits per heavy atom. The van der Waals surface area contributed by atoms with Crippen molar-refractivity contribution in [2.24, 2.45) is 5.92 Å². The van der Waals surface area contributed by atoms with E-state index in [1.54, 1.807) is 36.3 Å². The molecule has 0 bridgehead atoms. The van der Waals surface area contributed by atoms with Gasteiger partial charge in [0.05, 0.1) is 18.7 Å². The van der Waals surface area contributed by atoms with Crippen molar-refractivity contribution in [2.75, 3.05) is 33.9 Å². The summed E-state index contributed by atoms with van der Waals surface area (Å²) in [7, 11) is 3.37. The highest BCUT2D eigenvalue weighted by atomic mass is 16.5. The smallest absolute Gasteiger partial charge is 0.272 e. The summed E-state index contributed by atoms with van der Waals surface area (Å²) in [5.41, 5.74) is 0.914. The molecule has 1 aromatic heterocycles. The van der Waals surface area contributed by atoms with Crippen LogP contribution < -0.4 is 9.47 Å². The molecular formula is C26H35N3O4. The number of amides is 2. The van der Waals surface area contributed by atoms with Crippen LogP contribution in [0.4, 0.5) is 0 Å². The van der Waals surface area contributed by atoms with E-state index in [4.69, 9.17) is 9.47 Å². The first-order chi connectivity index (χ1) is 15.9. The number of benzene rings is 1. The van der Waals surface area contributed by atoms with Crippen LogP contribution >= 0.6 is 0 Å². The quantitative estimate of drug-likeness (QED) is 0.691. The Morgan fingerprint density at radius 1 is 1.12 bits per heavy atom. The molecule has 1 atom stereocenters. The molecular weight excluding hydrogens is 418 g/mol. The van der Waals surface area contributed by atoms with Crippen molar-refractivity contribution in [3.8, 4) is 11.6 Å². The number of fused-ring (bicyclic) bond motifs is 1. The van der Waals surface area contributed by atoms with Crippen molar-refractivity contribution in [1.29, 1.82) is 0 Å².